The topological polar surface area (TPSA) is 30.5 Å². The average Bonchev–Trinajstić information content (AvgIpc) is 3.01. The molecule has 2 aromatic rings. The lowest BCUT2D eigenvalue weighted by atomic mass is 10.0. The van der Waals surface area contributed by atoms with E-state index in [0.29, 0.717) is 6.10 Å². The Balaban J connectivity index is 1.74. The summed E-state index contributed by atoms with van der Waals surface area (Å²) in [4.78, 5) is 5.73. The summed E-state index contributed by atoms with van der Waals surface area (Å²) < 4.78 is 5.42. The summed E-state index contributed by atoms with van der Waals surface area (Å²) >= 11 is 0. The van der Waals surface area contributed by atoms with Crippen molar-refractivity contribution in [2.45, 2.75) is 38.3 Å². The molecule has 1 aliphatic carbocycles. The average molecular weight is 271 g/mol. The molecule has 0 aliphatic heterocycles. The summed E-state index contributed by atoms with van der Waals surface area (Å²) in [6.07, 6.45) is 5.32. The zero-order valence-corrected chi connectivity index (χ0v) is 11.9. The first-order chi connectivity index (χ1) is 9.88. The minimum atomic E-state index is 0.388. The molecule has 1 N–H and O–H groups in total. The van der Waals surface area contributed by atoms with E-state index in [2.05, 4.69) is 29.7 Å². The molecular formula is C17H21NO2. The SMILES string of the molecule is COc1ccc(CNOC2CCCC2)c2ccccc12. The molecule has 0 unspecified atom stereocenters. The smallest absolute Gasteiger partial charge is 0.126 e. The van der Waals surface area contributed by atoms with Crippen molar-refractivity contribution in [2.24, 2.45) is 0 Å². The van der Waals surface area contributed by atoms with Crippen LogP contribution in [-0.4, -0.2) is 13.2 Å². The van der Waals surface area contributed by atoms with Crippen LogP contribution in [0.15, 0.2) is 36.4 Å². The first-order valence-electron chi connectivity index (χ1n) is 7.31. The number of hydrogen-bond acceptors (Lipinski definition) is 3. The van der Waals surface area contributed by atoms with E-state index in [-0.39, 0.29) is 0 Å². The maximum absolute atomic E-state index is 5.73. The van der Waals surface area contributed by atoms with Crippen LogP contribution in [0, 0.1) is 0 Å². The van der Waals surface area contributed by atoms with Gasteiger partial charge < -0.3 is 4.74 Å². The highest BCUT2D eigenvalue weighted by Gasteiger charge is 2.15. The van der Waals surface area contributed by atoms with Crippen LogP contribution in [0.5, 0.6) is 5.75 Å². The lowest BCUT2D eigenvalue weighted by Gasteiger charge is -2.14. The van der Waals surface area contributed by atoms with Crippen LogP contribution in [-0.2, 0) is 11.4 Å². The lowest BCUT2D eigenvalue weighted by molar-refractivity contribution is -0.0242. The molecule has 0 radical (unpaired) electrons. The van der Waals surface area contributed by atoms with Crippen LogP contribution >= 0.6 is 0 Å². The van der Waals surface area contributed by atoms with Gasteiger partial charge in [-0.2, -0.15) is 5.48 Å². The number of methoxy groups -OCH3 is 1. The fraction of sp³-hybridized carbons (Fsp3) is 0.412. The second kappa shape index (κ2) is 6.25. The van der Waals surface area contributed by atoms with Crippen molar-refractivity contribution in [2.75, 3.05) is 7.11 Å². The number of hydrogen-bond donors (Lipinski definition) is 1. The highest BCUT2D eigenvalue weighted by Crippen LogP contribution is 2.28. The van der Waals surface area contributed by atoms with Crippen molar-refractivity contribution < 1.29 is 9.57 Å². The molecule has 2 aromatic carbocycles. The standard InChI is InChI=1S/C17H21NO2/c1-19-17-11-10-13(15-8-4-5-9-16(15)17)12-18-20-14-6-2-3-7-14/h4-5,8-11,14,18H,2-3,6-7,12H2,1H3. The molecule has 0 heterocycles. The third kappa shape index (κ3) is 2.79. The summed E-state index contributed by atoms with van der Waals surface area (Å²) in [5, 5.41) is 2.37. The molecule has 0 amide bonds. The second-order valence-corrected chi connectivity index (χ2v) is 5.32. The van der Waals surface area contributed by atoms with E-state index in [1.54, 1.807) is 7.11 Å². The van der Waals surface area contributed by atoms with Gasteiger partial charge in [0.2, 0.25) is 0 Å². The van der Waals surface area contributed by atoms with Crippen molar-refractivity contribution in [1.29, 1.82) is 0 Å². The summed E-state index contributed by atoms with van der Waals surface area (Å²) in [6, 6.07) is 12.4. The van der Waals surface area contributed by atoms with Crippen LogP contribution < -0.4 is 10.2 Å². The van der Waals surface area contributed by atoms with Crippen molar-refractivity contribution in [3.63, 3.8) is 0 Å². The Morgan fingerprint density at radius 2 is 1.80 bits per heavy atom. The van der Waals surface area contributed by atoms with E-state index in [9.17, 15) is 0 Å². The molecule has 0 spiro atoms. The van der Waals surface area contributed by atoms with Crippen LogP contribution in [0.25, 0.3) is 10.8 Å². The largest absolute Gasteiger partial charge is 0.496 e. The summed E-state index contributed by atoms with van der Waals surface area (Å²) in [5.74, 6) is 0.918. The molecule has 20 heavy (non-hydrogen) atoms. The maximum Gasteiger partial charge on any atom is 0.126 e. The molecule has 3 nitrogen and oxygen atoms in total. The molecule has 1 aliphatic rings. The Morgan fingerprint density at radius 3 is 2.55 bits per heavy atom. The predicted molar refractivity (Wildman–Crippen MR) is 80.7 cm³/mol. The van der Waals surface area contributed by atoms with Gasteiger partial charge in [0.25, 0.3) is 0 Å². The Morgan fingerprint density at radius 1 is 1.05 bits per heavy atom. The van der Waals surface area contributed by atoms with Gasteiger partial charge in [-0.15, -0.1) is 0 Å². The summed E-state index contributed by atoms with van der Waals surface area (Å²) in [5.41, 5.74) is 4.37. The lowest BCUT2D eigenvalue weighted by Crippen LogP contribution is -2.21. The fourth-order valence-electron chi connectivity index (χ4n) is 2.91. The molecule has 0 aromatic heterocycles. The molecule has 1 fully saturated rings. The molecular weight excluding hydrogens is 250 g/mol. The van der Waals surface area contributed by atoms with E-state index in [1.807, 2.05) is 12.1 Å². The Hall–Kier alpha value is -1.58. The second-order valence-electron chi connectivity index (χ2n) is 5.32. The van der Waals surface area contributed by atoms with Crippen molar-refractivity contribution in [3.05, 3.63) is 42.0 Å². The van der Waals surface area contributed by atoms with Crippen LogP contribution in [0.3, 0.4) is 0 Å². The monoisotopic (exact) mass is 271 g/mol. The van der Waals surface area contributed by atoms with Crippen molar-refractivity contribution in [1.82, 2.24) is 5.48 Å². The number of nitrogens with one attached hydrogen (secondary N) is 1. The number of rotatable bonds is 5. The van der Waals surface area contributed by atoms with Gasteiger partial charge in [-0.1, -0.05) is 43.2 Å². The normalized spacial score (nSPS) is 15.8. The highest BCUT2D eigenvalue weighted by atomic mass is 16.7. The van der Waals surface area contributed by atoms with Crippen molar-refractivity contribution >= 4 is 10.8 Å². The van der Waals surface area contributed by atoms with Gasteiger partial charge in [0.1, 0.15) is 5.75 Å². The van der Waals surface area contributed by atoms with E-state index < -0.39 is 0 Å². The minimum absolute atomic E-state index is 0.388. The van der Waals surface area contributed by atoms with Gasteiger partial charge in [-0.25, -0.2) is 0 Å². The van der Waals surface area contributed by atoms with Crippen LogP contribution in [0.1, 0.15) is 31.2 Å². The van der Waals surface area contributed by atoms with E-state index in [0.717, 1.165) is 17.7 Å². The summed E-state index contributed by atoms with van der Waals surface area (Å²) in [6.45, 7) is 0.723. The Kier molecular flexibility index (Phi) is 4.19. The number of ether oxygens (including phenoxy) is 1. The van der Waals surface area contributed by atoms with E-state index >= 15 is 0 Å². The van der Waals surface area contributed by atoms with Gasteiger partial charge in [0.05, 0.1) is 13.2 Å². The molecule has 0 saturated heterocycles. The minimum Gasteiger partial charge on any atom is -0.496 e. The van der Waals surface area contributed by atoms with E-state index in [1.165, 1.54) is 36.6 Å². The fourth-order valence-corrected chi connectivity index (χ4v) is 2.91. The molecule has 106 valence electrons. The van der Waals surface area contributed by atoms with Crippen molar-refractivity contribution in [3.8, 4) is 5.75 Å². The molecule has 0 atom stereocenters. The van der Waals surface area contributed by atoms with E-state index in [4.69, 9.17) is 9.57 Å². The third-order valence-corrected chi connectivity index (χ3v) is 4.01. The number of fused-ring (bicyclic) bond motifs is 1. The van der Waals surface area contributed by atoms with Gasteiger partial charge in [-0.3, -0.25) is 4.84 Å². The van der Waals surface area contributed by atoms with Crippen LogP contribution in [0.4, 0.5) is 0 Å². The maximum atomic E-state index is 5.73. The Bertz CT molecular complexity index is 576. The third-order valence-electron chi connectivity index (χ3n) is 4.01. The molecule has 3 rings (SSSR count). The molecule has 0 bridgehead atoms. The first kappa shape index (κ1) is 13.4. The highest BCUT2D eigenvalue weighted by molar-refractivity contribution is 5.91. The number of hydroxylamine groups is 1. The molecule has 3 heteroatoms. The van der Waals surface area contributed by atoms with Crippen LogP contribution in [0.2, 0.25) is 0 Å². The number of benzene rings is 2. The zero-order chi connectivity index (χ0) is 13.8. The Labute approximate surface area is 119 Å². The quantitative estimate of drug-likeness (QED) is 0.839. The predicted octanol–water partition coefficient (Wildman–Crippen LogP) is 3.81. The first-order valence-corrected chi connectivity index (χ1v) is 7.31. The zero-order valence-electron chi connectivity index (χ0n) is 11.9. The summed E-state index contributed by atoms with van der Waals surface area (Å²) in [7, 11) is 1.71. The molecule has 1 saturated carbocycles. The van der Waals surface area contributed by atoms with Gasteiger partial charge in [0, 0.05) is 11.9 Å². The van der Waals surface area contributed by atoms with Gasteiger partial charge in [-0.05, 0) is 29.9 Å². The van der Waals surface area contributed by atoms with Gasteiger partial charge in [0.15, 0.2) is 0 Å². The van der Waals surface area contributed by atoms with Gasteiger partial charge >= 0.3 is 0 Å².